The number of amides is 1. The first-order valence-corrected chi connectivity index (χ1v) is 10.2. The lowest BCUT2D eigenvalue weighted by molar-refractivity contribution is 0.0958. The number of nitrogens with zero attached hydrogens (tertiary/aromatic N) is 1. The van der Waals surface area contributed by atoms with Crippen LogP contribution in [0.15, 0.2) is 42.5 Å². The molecule has 0 aliphatic carbocycles. The summed E-state index contributed by atoms with van der Waals surface area (Å²) in [6.45, 7) is 6.44. The van der Waals surface area contributed by atoms with Crippen molar-refractivity contribution >= 4 is 44.6 Å². The molecule has 0 N–H and O–H groups in total. The van der Waals surface area contributed by atoms with Gasteiger partial charge in [0.05, 0.1) is 17.8 Å². The third-order valence-electron chi connectivity index (χ3n) is 5.35. The van der Waals surface area contributed by atoms with Crippen molar-refractivity contribution in [1.29, 1.82) is 0 Å². The first-order chi connectivity index (χ1) is 12.8. The Morgan fingerprint density at radius 1 is 1.26 bits per heavy atom. The van der Waals surface area contributed by atoms with Gasteiger partial charge in [-0.25, -0.2) is 0 Å². The smallest absolute Gasteiger partial charge is 0.270 e. The first-order valence-electron chi connectivity index (χ1n) is 9.03. The minimum Gasteiger partial charge on any atom is -0.497 e. The van der Waals surface area contributed by atoms with Crippen LogP contribution in [-0.4, -0.2) is 18.6 Å². The zero-order chi connectivity index (χ0) is 19.3. The third kappa shape index (κ3) is 2.91. The topological polar surface area (TPSA) is 29.5 Å². The number of hydrogen-bond acceptors (Lipinski definition) is 3. The van der Waals surface area contributed by atoms with E-state index in [4.69, 9.17) is 16.3 Å². The maximum atomic E-state index is 13.7. The van der Waals surface area contributed by atoms with Crippen molar-refractivity contribution in [3.8, 4) is 5.75 Å². The number of methoxy groups -OCH3 is 1. The fourth-order valence-electron chi connectivity index (χ4n) is 4.17. The number of ether oxygens (including phenoxy) is 1. The molecule has 5 heteroatoms. The zero-order valence-corrected chi connectivity index (χ0v) is 17.4. The van der Waals surface area contributed by atoms with Crippen molar-refractivity contribution in [2.75, 3.05) is 12.0 Å². The lowest BCUT2D eigenvalue weighted by Crippen LogP contribution is -2.51. The number of halogens is 1. The molecular formula is C22H22ClNO2S. The summed E-state index contributed by atoms with van der Waals surface area (Å²) < 4.78 is 6.46. The number of carbonyl (C=O) groups is 1. The van der Waals surface area contributed by atoms with Crippen LogP contribution in [0, 0.1) is 0 Å². The van der Waals surface area contributed by atoms with Gasteiger partial charge in [-0.05, 0) is 43.9 Å². The Morgan fingerprint density at radius 3 is 2.70 bits per heavy atom. The average Bonchev–Trinajstić information content (AvgIpc) is 2.97. The second kappa shape index (κ2) is 6.54. The third-order valence-corrected chi connectivity index (χ3v) is 7.02. The highest BCUT2D eigenvalue weighted by Gasteiger charge is 2.41. The Kier molecular flexibility index (Phi) is 4.44. The molecule has 1 aliphatic rings. The Balaban J connectivity index is 1.89. The van der Waals surface area contributed by atoms with E-state index in [1.807, 2.05) is 41.3 Å². The van der Waals surface area contributed by atoms with E-state index < -0.39 is 0 Å². The van der Waals surface area contributed by atoms with Gasteiger partial charge in [0.2, 0.25) is 0 Å². The van der Waals surface area contributed by atoms with Gasteiger partial charge < -0.3 is 9.64 Å². The molecule has 0 radical (unpaired) electrons. The van der Waals surface area contributed by atoms with E-state index in [0.29, 0.717) is 15.8 Å². The van der Waals surface area contributed by atoms with Gasteiger partial charge in [-0.3, -0.25) is 4.79 Å². The molecule has 0 fully saturated rings. The summed E-state index contributed by atoms with van der Waals surface area (Å²) in [6.07, 6.45) is 0.889. The Morgan fingerprint density at radius 2 is 2.00 bits per heavy atom. The van der Waals surface area contributed by atoms with Gasteiger partial charge >= 0.3 is 0 Å². The highest BCUT2D eigenvalue weighted by molar-refractivity contribution is 7.21. The maximum Gasteiger partial charge on any atom is 0.270 e. The predicted octanol–water partition coefficient (Wildman–Crippen LogP) is 6.50. The van der Waals surface area contributed by atoms with Gasteiger partial charge in [0.25, 0.3) is 5.91 Å². The van der Waals surface area contributed by atoms with E-state index in [-0.39, 0.29) is 11.4 Å². The summed E-state index contributed by atoms with van der Waals surface area (Å²) in [7, 11) is 1.65. The van der Waals surface area contributed by atoms with Crippen molar-refractivity contribution in [2.24, 2.45) is 0 Å². The van der Waals surface area contributed by atoms with Gasteiger partial charge in [-0.15, -0.1) is 11.3 Å². The van der Waals surface area contributed by atoms with E-state index in [9.17, 15) is 4.79 Å². The van der Waals surface area contributed by atoms with Gasteiger partial charge in [0, 0.05) is 21.7 Å². The molecule has 4 rings (SSSR count). The molecule has 1 aromatic heterocycles. The van der Waals surface area contributed by atoms with Crippen LogP contribution in [0.3, 0.4) is 0 Å². The molecule has 0 saturated carbocycles. The van der Waals surface area contributed by atoms with Crippen LogP contribution < -0.4 is 9.64 Å². The summed E-state index contributed by atoms with van der Waals surface area (Å²) in [5.41, 5.74) is 1.76. The molecule has 2 heterocycles. The van der Waals surface area contributed by atoms with Crippen LogP contribution in [0.4, 0.5) is 5.69 Å². The van der Waals surface area contributed by atoms with E-state index >= 15 is 0 Å². The summed E-state index contributed by atoms with van der Waals surface area (Å²) in [6, 6.07) is 13.9. The fraction of sp³-hybridized carbons (Fsp3) is 0.318. The molecule has 0 spiro atoms. The Bertz CT molecular complexity index is 1040. The number of carbonyl (C=O) groups excluding carboxylic acids is 1. The molecule has 3 nitrogen and oxygen atoms in total. The predicted molar refractivity (Wildman–Crippen MR) is 114 cm³/mol. The standard InChI is InChI=1S/C22H22ClNO2S/c1-13-12-22(2,3)24(17-11-14(26-4)9-10-15(13)17)21(25)20-19(23)16-7-5-6-8-18(16)27-20/h5-11,13H,12H2,1-4H3/t13-/m1/s1. The Labute approximate surface area is 168 Å². The van der Waals surface area contributed by atoms with Crippen LogP contribution in [0.5, 0.6) is 5.75 Å². The number of benzene rings is 2. The van der Waals surface area contributed by atoms with Gasteiger partial charge in [0.1, 0.15) is 10.6 Å². The average molecular weight is 400 g/mol. The Hall–Kier alpha value is -2.04. The van der Waals surface area contributed by atoms with Crippen molar-refractivity contribution in [1.82, 2.24) is 0 Å². The van der Waals surface area contributed by atoms with E-state index in [1.165, 1.54) is 16.9 Å². The molecule has 140 valence electrons. The minimum absolute atomic E-state index is 0.0485. The second-order valence-electron chi connectivity index (χ2n) is 7.72. The monoisotopic (exact) mass is 399 g/mol. The lowest BCUT2D eigenvalue weighted by atomic mass is 9.80. The van der Waals surface area contributed by atoms with Gasteiger partial charge in [0.15, 0.2) is 0 Å². The summed E-state index contributed by atoms with van der Waals surface area (Å²) in [4.78, 5) is 16.2. The number of hydrogen-bond donors (Lipinski definition) is 0. The number of fused-ring (bicyclic) bond motifs is 2. The maximum absolute atomic E-state index is 13.7. The van der Waals surface area contributed by atoms with Crippen LogP contribution in [-0.2, 0) is 0 Å². The van der Waals surface area contributed by atoms with E-state index in [1.54, 1.807) is 7.11 Å². The van der Waals surface area contributed by atoms with Crippen molar-refractivity contribution in [2.45, 2.75) is 38.6 Å². The first kappa shape index (κ1) is 18.3. The molecule has 0 saturated heterocycles. The number of anilines is 1. The summed E-state index contributed by atoms with van der Waals surface area (Å²) in [5, 5.41) is 1.47. The highest BCUT2D eigenvalue weighted by atomic mass is 35.5. The zero-order valence-electron chi connectivity index (χ0n) is 15.9. The van der Waals surface area contributed by atoms with Crippen LogP contribution in [0.25, 0.3) is 10.1 Å². The molecule has 0 bridgehead atoms. The molecule has 1 atom stereocenters. The van der Waals surface area contributed by atoms with Crippen LogP contribution >= 0.6 is 22.9 Å². The normalized spacial score (nSPS) is 18.4. The molecule has 3 aromatic rings. The lowest BCUT2D eigenvalue weighted by Gasteiger charge is -2.46. The second-order valence-corrected chi connectivity index (χ2v) is 9.15. The summed E-state index contributed by atoms with van der Waals surface area (Å²) in [5.74, 6) is 1.06. The largest absolute Gasteiger partial charge is 0.497 e. The SMILES string of the molecule is COc1ccc2c(c1)N(C(=O)c1sc3ccccc3c1Cl)C(C)(C)C[C@H]2C. The van der Waals surface area contributed by atoms with E-state index in [0.717, 1.165) is 27.9 Å². The van der Waals surface area contributed by atoms with Gasteiger partial charge in [-0.2, -0.15) is 0 Å². The van der Waals surface area contributed by atoms with Gasteiger partial charge in [-0.1, -0.05) is 42.8 Å². The van der Waals surface area contributed by atoms with E-state index in [2.05, 4.69) is 26.8 Å². The van der Waals surface area contributed by atoms with Crippen molar-refractivity contribution in [3.63, 3.8) is 0 Å². The molecule has 27 heavy (non-hydrogen) atoms. The fourth-order valence-corrected chi connectivity index (χ4v) is 5.62. The minimum atomic E-state index is -0.324. The van der Waals surface area contributed by atoms with Crippen molar-refractivity contribution in [3.05, 3.63) is 57.9 Å². The van der Waals surface area contributed by atoms with Crippen LogP contribution in [0.1, 0.15) is 48.3 Å². The molecule has 1 amide bonds. The summed E-state index contributed by atoms with van der Waals surface area (Å²) >= 11 is 8.07. The number of thiophene rings is 1. The van der Waals surface area contributed by atoms with Crippen LogP contribution in [0.2, 0.25) is 5.02 Å². The quantitative estimate of drug-likeness (QED) is 0.492. The number of rotatable bonds is 2. The van der Waals surface area contributed by atoms with Crippen molar-refractivity contribution < 1.29 is 9.53 Å². The molecular weight excluding hydrogens is 378 g/mol. The molecule has 2 aromatic carbocycles. The molecule has 0 unspecified atom stereocenters. The molecule has 1 aliphatic heterocycles. The highest BCUT2D eigenvalue weighted by Crippen LogP contribution is 2.47.